The first-order valence-electron chi connectivity index (χ1n) is 9.16. The fourth-order valence-electron chi connectivity index (χ4n) is 3.26. The van der Waals surface area contributed by atoms with E-state index in [1.807, 2.05) is 4.90 Å². The summed E-state index contributed by atoms with van der Waals surface area (Å²) in [6, 6.07) is 9.93. The zero-order chi connectivity index (χ0) is 20.8. The van der Waals surface area contributed by atoms with Crippen molar-refractivity contribution < 1.29 is 22.3 Å². The minimum atomic E-state index is -2.89. The molecule has 29 heavy (non-hydrogen) atoms. The maximum atomic E-state index is 13.8. The van der Waals surface area contributed by atoms with Crippen LogP contribution in [0, 0.1) is 11.6 Å². The minimum absolute atomic E-state index is 0.00170. The van der Waals surface area contributed by atoms with Crippen LogP contribution in [0.1, 0.15) is 12.0 Å². The van der Waals surface area contributed by atoms with E-state index in [2.05, 4.69) is 20.4 Å². The van der Waals surface area contributed by atoms with Crippen LogP contribution in [0.25, 0.3) is 0 Å². The van der Waals surface area contributed by atoms with E-state index in [1.165, 1.54) is 6.07 Å². The summed E-state index contributed by atoms with van der Waals surface area (Å²) in [5.41, 5.74) is 0.793. The number of aliphatic imine (C=N–C) groups is 1. The van der Waals surface area contributed by atoms with E-state index >= 15 is 0 Å². The van der Waals surface area contributed by atoms with Crippen molar-refractivity contribution >= 4 is 11.6 Å². The first-order valence-corrected chi connectivity index (χ1v) is 9.16. The summed E-state index contributed by atoms with van der Waals surface area (Å²) >= 11 is 0. The van der Waals surface area contributed by atoms with E-state index < -0.39 is 18.2 Å². The molecule has 0 radical (unpaired) electrons. The van der Waals surface area contributed by atoms with Crippen molar-refractivity contribution in [3.8, 4) is 5.75 Å². The molecule has 1 atom stereocenters. The number of nitrogens with zero attached hydrogens (tertiary/aromatic N) is 2. The van der Waals surface area contributed by atoms with Gasteiger partial charge in [0.25, 0.3) is 0 Å². The van der Waals surface area contributed by atoms with E-state index in [-0.39, 0.29) is 23.9 Å². The Hall–Kier alpha value is -2.97. The molecule has 3 rings (SSSR count). The fourth-order valence-corrected chi connectivity index (χ4v) is 3.26. The summed E-state index contributed by atoms with van der Waals surface area (Å²) in [5, 5.41) is 6.18. The summed E-state index contributed by atoms with van der Waals surface area (Å²) in [4.78, 5) is 6.06. The Morgan fingerprint density at radius 3 is 2.79 bits per heavy atom. The summed E-state index contributed by atoms with van der Waals surface area (Å²) in [6.45, 7) is -1.61. The quantitative estimate of drug-likeness (QED) is 0.435. The number of benzene rings is 2. The second-order valence-corrected chi connectivity index (χ2v) is 6.58. The lowest BCUT2D eigenvalue weighted by atomic mass is 10.2. The number of ether oxygens (including phenoxy) is 1. The average Bonchev–Trinajstić information content (AvgIpc) is 3.15. The van der Waals surface area contributed by atoms with Crippen LogP contribution in [-0.2, 0) is 6.54 Å². The summed E-state index contributed by atoms with van der Waals surface area (Å²) in [5.74, 6) is -0.441. The third-order valence-electron chi connectivity index (χ3n) is 4.63. The van der Waals surface area contributed by atoms with Gasteiger partial charge in [-0.2, -0.15) is 8.78 Å². The zero-order valence-electron chi connectivity index (χ0n) is 15.8. The van der Waals surface area contributed by atoms with Crippen LogP contribution >= 0.6 is 0 Å². The van der Waals surface area contributed by atoms with E-state index in [0.717, 1.165) is 24.6 Å². The van der Waals surface area contributed by atoms with Crippen molar-refractivity contribution in [1.29, 1.82) is 0 Å². The number of para-hydroxylation sites is 2. The average molecular weight is 410 g/mol. The van der Waals surface area contributed by atoms with Crippen LogP contribution < -0.4 is 20.3 Å². The molecule has 0 aliphatic carbocycles. The molecule has 0 saturated carbocycles. The van der Waals surface area contributed by atoms with Gasteiger partial charge in [-0.05, 0) is 36.8 Å². The van der Waals surface area contributed by atoms with Crippen molar-refractivity contribution in [1.82, 2.24) is 10.6 Å². The van der Waals surface area contributed by atoms with Gasteiger partial charge in [0, 0.05) is 38.3 Å². The second-order valence-electron chi connectivity index (χ2n) is 6.58. The minimum Gasteiger partial charge on any atom is -0.433 e. The molecule has 9 heteroatoms. The third kappa shape index (κ3) is 5.52. The van der Waals surface area contributed by atoms with Gasteiger partial charge < -0.3 is 20.3 Å². The van der Waals surface area contributed by atoms with Gasteiger partial charge in [0.15, 0.2) is 5.96 Å². The summed E-state index contributed by atoms with van der Waals surface area (Å²) in [6.07, 6.45) is 0.748. The molecule has 2 N–H and O–H groups in total. The molecule has 1 aliphatic heterocycles. The van der Waals surface area contributed by atoms with Crippen molar-refractivity contribution in [2.75, 3.05) is 25.0 Å². The number of guanidine groups is 1. The Balaban J connectivity index is 1.58. The lowest BCUT2D eigenvalue weighted by molar-refractivity contribution is -0.0495. The maximum absolute atomic E-state index is 13.8. The summed E-state index contributed by atoms with van der Waals surface area (Å²) < 4.78 is 56.9. The van der Waals surface area contributed by atoms with E-state index in [9.17, 15) is 17.6 Å². The molecule has 0 aromatic heterocycles. The number of nitrogens with one attached hydrogen (secondary N) is 2. The molecular formula is C20H22F4N4O. The van der Waals surface area contributed by atoms with Gasteiger partial charge in [-0.1, -0.05) is 12.1 Å². The molecule has 1 unspecified atom stereocenters. The Kier molecular flexibility index (Phi) is 6.79. The lowest BCUT2D eigenvalue weighted by Gasteiger charge is -2.22. The Morgan fingerprint density at radius 1 is 1.24 bits per heavy atom. The van der Waals surface area contributed by atoms with E-state index in [0.29, 0.717) is 24.7 Å². The molecule has 5 nitrogen and oxygen atoms in total. The molecule has 0 amide bonds. The number of rotatable bonds is 6. The van der Waals surface area contributed by atoms with Crippen molar-refractivity contribution in [2.45, 2.75) is 25.6 Å². The van der Waals surface area contributed by atoms with Gasteiger partial charge in [0.1, 0.15) is 17.4 Å². The SMILES string of the molecule is CN=C(NCc1cc(F)ccc1F)NC1CCN(c2ccccc2OC(F)F)C1. The highest BCUT2D eigenvalue weighted by Gasteiger charge is 2.26. The lowest BCUT2D eigenvalue weighted by Crippen LogP contribution is -2.44. The highest BCUT2D eigenvalue weighted by molar-refractivity contribution is 5.80. The van der Waals surface area contributed by atoms with Crippen LogP contribution in [0.3, 0.4) is 0 Å². The Bertz CT molecular complexity index is 862. The Labute approximate surface area is 166 Å². The van der Waals surface area contributed by atoms with Crippen LogP contribution in [0.5, 0.6) is 5.75 Å². The van der Waals surface area contributed by atoms with Crippen molar-refractivity contribution in [3.63, 3.8) is 0 Å². The molecule has 0 bridgehead atoms. The standard InChI is InChI=1S/C20H22F4N4O/c1-25-20(26-11-13-10-14(21)6-7-16(13)22)27-15-8-9-28(12-15)17-4-2-3-5-18(17)29-19(23)24/h2-7,10,15,19H,8-9,11-12H2,1H3,(H2,25,26,27). The molecule has 156 valence electrons. The molecular weight excluding hydrogens is 388 g/mol. The van der Waals surface area contributed by atoms with Gasteiger partial charge in [-0.25, -0.2) is 8.78 Å². The number of hydrogen-bond donors (Lipinski definition) is 2. The second kappa shape index (κ2) is 9.49. The monoisotopic (exact) mass is 410 g/mol. The molecule has 1 heterocycles. The number of alkyl halides is 2. The summed E-state index contributed by atoms with van der Waals surface area (Å²) in [7, 11) is 1.58. The Morgan fingerprint density at radius 2 is 2.03 bits per heavy atom. The maximum Gasteiger partial charge on any atom is 0.387 e. The van der Waals surface area contributed by atoms with E-state index in [1.54, 1.807) is 25.2 Å². The van der Waals surface area contributed by atoms with Crippen LogP contribution in [-0.4, -0.2) is 38.8 Å². The first-order chi connectivity index (χ1) is 14.0. The molecule has 2 aromatic rings. The molecule has 1 saturated heterocycles. The molecule has 1 fully saturated rings. The molecule has 1 aliphatic rings. The molecule has 0 spiro atoms. The highest BCUT2D eigenvalue weighted by atomic mass is 19.3. The normalized spacial score (nSPS) is 17.0. The number of hydrogen-bond acceptors (Lipinski definition) is 3. The van der Waals surface area contributed by atoms with Gasteiger partial charge in [-0.3, -0.25) is 4.99 Å². The van der Waals surface area contributed by atoms with E-state index in [4.69, 9.17) is 0 Å². The predicted molar refractivity (Wildman–Crippen MR) is 103 cm³/mol. The van der Waals surface area contributed by atoms with Crippen LogP contribution in [0.4, 0.5) is 23.2 Å². The van der Waals surface area contributed by atoms with Gasteiger partial charge >= 0.3 is 6.61 Å². The van der Waals surface area contributed by atoms with Crippen molar-refractivity contribution in [2.24, 2.45) is 4.99 Å². The molecule has 2 aromatic carbocycles. The number of anilines is 1. The topological polar surface area (TPSA) is 48.9 Å². The van der Waals surface area contributed by atoms with Crippen LogP contribution in [0.2, 0.25) is 0 Å². The predicted octanol–water partition coefficient (Wildman–Crippen LogP) is 3.51. The van der Waals surface area contributed by atoms with Crippen molar-refractivity contribution in [3.05, 3.63) is 59.7 Å². The fraction of sp³-hybridized carbons (Fsp3) is 0.350. The largest absolute Gasteiger partial charge is 0.433 e. The number of halogens is 4. The van der Waals surface area contributed by atoms with Gasteiger partial charge in [-0.15, -0.1) is 0 Å². The van der Waals surface area contributed by atoms with Gasteiger partial charge in [0.05, 0.1) is 5.69 Å². The third-order valence-corrected chi connectivity index (χ3v) is 4.63. The zero-order valence-corrected chi connectivity index (χ0v) is 15.8. The van der Waals surface area contributed by atoms with Crippen LogP contribution in [0.15, 0.2) is 47.5 Å². The smallest absolute Gasteiger partial charge is 0.387 e. The first kappa shape index (κ1) is 20.8. The highest BCUT2D eigenvalue weighted by Crippen LogP contribution is 2.31. The van der Waals surface area contributed by atoms with Gasteiger partial charge in [0.2, 0.25) is 0 Å².